The molecule has 0 aromatic rings. The lowest BCUT2D eigenvalue weighted by atomic mass is 9.96. The first-order valence-electron chi connectivity index (χ1n) is 7.65. The standard InChI is InChI=1S/C15H26N2O2/c1-4-12-15(19)17(9-5-6-11-7-8-11)13(10(2)3)14(18)16-12/h10-13H,4-9H2,1-3H3,(H,16,18). The predicted molar refractivity (Wildman–Crippen MR) is 74.5 cm³/mol. The van der Waals surface area contributed by atoms with Crippen LogP contribution in [-0.2, 0) is 9.59 Å². The van der Waals surface area contributed by atoms with Gasteiger partial charge in [-0.25, -0.2) is 0 Å². The van der Waals surface area contributed by atoms with Crippen LogP contribution in [0.4, 0.5) is 0 Å². The van der Waals surface area contributed by atoms with Gasteiger partial charge in [-0.2, -0.15) is 0 Å². The molecule has 1 saturated heterocycles. The van der Waals surface area contributed by atoms with Crippen LogP contribution in [0.2, 0.25) is 0 Å². The molecule has 0 spiro atoms. The molecule has 108 valence electrons. The lowest BCUT2D eigenvalue weighted by Gasteiger charge is -2.40. The van der Waals surface area contributed by atoms with Crippen LogP contribution in [0.1, 0.15) is 52.9 Å². The minimum Gasteiger partial charge on any atom is -0.343 e. The van der Waals surface area contributed by atoms with Crippen molar-refractivity contribution < 1.29 is 9.59 Å². The number of nitrogens with one attached hydrogen (secondary N) is 1. The van der Waals surface area contributed by atoms with E-state index in [4.69, 9.17) is 0 Å². The Morgan fingerprint density at radius 1 is 1.32 bits per heavy atom. The number of hydrogen-bond acceptors (Lipinski definition) is 2. The second-order valence-corrected chi connectivity index (χ2v) is 6.28. The minimum absolute atomic E-state index is 0.0212. The van der Waals surface area contributed by atoms with Gasteiger partial charge in [0, 0.05) is 6.54 Å². The fraction of sp³-hybridized carbons (Fsp3) is 0.867. The molecule has 1 aliphatic heterocycles. The molecular weight excluding hydrogens is 240 g/mol. The SMILES string of the molecule is CCC1NC(=O)C(C(C)C)N(CCCC2CC2)C1=O. The topological polar surface area (TPSA) is 49.4 Å². The molecule has 19 heavy (non-hydrogen) atoms. The molecule has 1 aliphatic carbocycles. The highest BCUT2D eigenvalue weighted by Crippen LogP contribution is 2.33. The third-order valence-electron chi connectivity index (χ3n) is 4.25. The van der Waals surface area contributed by atoms with Crippen molar-refractivity contribution in [2.24, 2.45) is 11.8 Å². The van der Waals surface area contributed by atoms with Crippen LogP contribution < -0.4 is 5.32 Å². The molecule has 2 atom stereocenters. The van der Waals surface area contributed by atoms with Gasteiger partial charge >= 0.3 is 0 Å². The van der Waals surface area contributed by atoms with Crippen LogP contribution in [0.5, 0.6) is 0 Å². The molecular formula is C15H26N2O2. The fourth-order valence-corrected chi connectivity index (χ4v) is 2.94. The van der Waals surface area contributed by atoms with Crippen molar-refractivity contribution >= 4 is 11.8 Å². The third-order valence-corrected chi connectivity index (χ3v) is 4.25. The summed E-state index contributed by atoms with van der Waals surface area (Å²) in [6, 6.07) is -0.599. The minimum atomic E-state index is -0.316. The fourth-order valence-electron chi connectivity index (χ4n) is 2.94. The van der Waals surface area contributed by atoms with Crippen LogP contribution in [0.3, 0.4) is 0 Å². The van der Waals surface area contributed by atoms with Gasteiger partial charge in [0.05, 0.1) is 0 Å². The van der Waals surface area contributed by atoms with Crippen LogP contribution >= 0.6 is 0 Å². The summed E-state index contributed by atoms with van der Waals surface area (Å²) in [4.78, 5) is 26.4. The quantitative estimate of drug-likeness (QED) is 0.798. The zero-order valence-corrected chi connectivity index (χ0v) is 12.3. The number of amides is 2. The molecule has 4 nitrogen and oxygen atoms in total. The first-order chi connectivity index (χ1) is 9.04. The molecule has 0 bridgehead atoms. The number of carbonyl (C=O) groups excluding carboxylic acids is 2. The molecule has 2 fully saturated rings. The summed E-state index contributed by atoms with van der Waals surface area (Å²) in [5.41, 5.74) is 0. The van der Waals surface area contributed by atoms with E-state index in [9.17, 15) is 9.59 Å². The van der Waals surface area contributed by atoms with Crippen LogP contribution in [0, 0.1) is 11.8 Å². The Labute approximate surface area is 115 Å². The maximum Gasteiger partial charge on any atom is 0.245 e. The number of nitrogens with zero attached hydrogens (tertiary/aromatic N) is 1. The highest BCUT2D eigenvalue weighted by atomic mass is 16.2. The Morgan fingerprint density at radius 3 is 2.53 bits per heavy atom. The van der Waals surface area contributed by atoms with Crippen LogP contribution in [0.25, 0.3) is 0 Å². The average Bonchev–Trinajstić information content (AvgIpc) is 3.16. The Hall–Kier alpha value is -1.06. The molecule has 2 rings (SSSR count). The molecule has 0 aromatic heterocycles. The van der Waals surface area contributed by atoms with E-state index in [0.29, 0.717) is 6.42 Å². The van der Waals surface area contributed by atoms with E-state index in [-0.39, 0.29) is 29.8 Å². The number of piperazine rings is 1. The number of rotatable bonds is 6. The summed E-state index contributed by atoms with van der Waals surface area (Å²) in [6.07, 6.45) is 5.60. The Bertz CT molecular complexity index is 350. The highest BCUT2D eigenvalue weighted by molar-refractivity contribution is 5.97. The van der Waals surface area contributed by atoms with E-state index in [1.807, 2.05) is 25.7 Å². The second-order valence-electron chi connectivity index (χ2n) is 6.28. The van der Waals surface area contributed by atoms with Gasteiger partial charge in [-0.3, -0.25) is 9.59 Å². The van der Waals surface area contributed by atoms with E-state index in [1.54, 1.807) is 0 Å². The van der Waals surface area contributed by atoms with E-state index in [0.717, 1.165) is 18.9 Å². The molecule has 2 aliphatic rings. The van der Waals surface area contributed by atoms with Crippen molar-refractivity contribution in [2.75, 3.05) is 6.54 Å². The van der Waals surface area contributed by atoms with E-state index >= 15 is 0 Å². The molecule has 1 saturated carbocycles. The number of hydrogen-bond donors (Lipinski definition) is 1. The number of carbonyl (C=O) groups is 2. The Kier molecular flexibility index (Phi) is 4.48. The van der Waals surface area contributed by atoms with Gasteiger partial charge in [-0.05, 0) is 31.1 Å². The van der Waals surface area contributed by atoms with E-state index in [1.165, 1.54) is 19.3 Å². The van der Waals surface area contributed by atoms with Crippen LogP contribution in [-0.4, -0.2) is 35.3 Å². The van der Waals surface area contributed by atoms with Crippen molar-refractivity contribution in [2.45, 2.75) is 65.0 Å². The molecule has 4 heteroatoms. The predicted octanol–water partition coefficient (Wildman–Crippen LogP) is 1.94. The summed E-state index contributed by atoms with van der Waals surface area (Å²) in [5.74, 6) is 1.18. The van der Waals surface area contributed by atoms with E-state index in [2.05, 4.69) is 5.32 Å². The maximum absolute atomic E-state index is 12.4. The normalized spacial score (nSPS) is 27.9. The van der Waals surface area contributed by atoms with Gasteiger partial charge in [-0.15, -0.1) is 0 Å². The Morgan fingerprint density at radius 2 is 2.00 bits per heavy atom. The maximum atomic E-state index is 12.4. The van der Waals surface area contributed by atoms with Crippen molar-refractivity contribution in [3.8, 4) is 0 Å². The summed E-state index contributed by atoms with van der Waals surface area (Å²) in [7, 11) is 0. The van der Waals surface area contributed by atoms with Gasteiger partial charge in [0.15, 0.2) is 0 Å². The van der Waals surface area contributed by atoms with Gasteiger partial charge in [0.2, 0.25) is 11.8 Å². The summed E-state index contributed by atoms with van der Waals surface area (Å²) < 4.78 is 0. The van der Waals surface area contributed by atoms with Crippen molar-refractivity contribution in [1.29, 1.82) is 0 Å². The van der Waals surface area contributed by atoms with Crippen molar-refractivity contribution in [1.82, 2.24) is 10.2 Å². The molecule has 0 aromatic carbocycles. The lowest BCUT2D eigenvalue weighted by molar-refractivity contribution is -0.151. The van der Waals surface area contributed by atoms with Gasteiger partial charge in [-0.1, -0.05) is 33.6 Å². The zero-order chi connectivity index (χ0) is 14.0. The monoisotopic (exact) mass is 266 g/mol. The second kappa shape index (κ2) is 5.93. The first kappa shape index (κ1) is 14.4. The summed E-state index contributed by atoms with van der Waals surface area (Å²) >= 11 is 0. The van der Waals surface area contributed by atoms with Gasteiger partial charge < -0.3 is 10.2 Å². The zero-order valence-electron chi connectivity index (χ0n) is 12.3. The molecule has 0 radical (unpaired) electrons. The summed E-state index contributed by atoms with van der Waals surface area (Å²) in [5, 5.41) is 2.86. The van der Waals surface area contributed by atoms with E-state index < -0.39 is 0 Å². The largest absolute Gasteiger partial charge is 0.343 e. The molecule has 2 amide bonds. The smallest absolute Gasteiger partial charge is 0.245 e. The summed E-state index contributed by atoms with van der Waals surface area (Å²) in [6.45, 7) is 6.71. The van der Waals surface area contributed by atoms with Crippen molar-refractivity contribution in [3.63, 3.8) is 0 Å². The lowest BCUT2D eigenvalue weighted by Crippen LogP contribution is -2.64. The molecule has 1 heterocycles. The van der Waals surface area contributed by atoms with Crippen molar-refractivity contribution in [3.05, 3.63) is 0 Å². The molecule has 1 N–H and O–H groups in total. The van der Waals surface area contributed by atoms with Crippen LogP contribution in [0.15, 0.2) is 0 Å². The first-order valence-corrected chi connectivity index (χ1v) is 7.65. The average molecular weight is 266 g/mol. The third kappa shape index (κ3) is 3.28. The van der Waals surface area contributed by atoms with Gasteiger partial charge in [0.25, 0.3) is 0 Å². The highest BCUT2D eigenvalue weighted by Gasteiger charge is 2.40. The van der Waals surface area contributed by atoms with Gasteiger partial charge in [0.1, 0.15) is 12.1 Å². The molecule has 2 unspecified atom stereocenters. The Balaban J connectivity index is 2.01.